The highest BCUT2D eigenvalue weighted by molar-refractivity contribution is 7.92. The van der Waals surface area contributed by atoms with Gasteiger partial charge in [0.25, 0.3) is 0 Å². The molecule has 30 heavy (non-hydrogen) atoms. The topological polar surface area (TPSA) is 38.7 Å². The summed E-state index contributed by atoms with van der Waals surface area (Å²) < 4.78 is 26.1. The van der Waals surface area contributed by atoms with Crippen molar-refractivity contribution >= 4 is 11.2 Å². The van der Waals surface area contributed by atoms with Crippen molar-refractivity contribution in [2.75, 3.05) is 13.4 Å². The summed E-state index contributed by atoms with van der Waals surface area (Å²) in [4.78, 5) is 0. The molecular weight excluding hydrogens is 399 g/mol. The van der Waals surface area contributed by atoms with Crippen LogP contribution in [0, 0.1) is 11.2 Å². The van der Waals surface area contributed by atoms with Crippen LogP contribution in [0.2, 0.25) is 0 Å². The second-order valence-electron chi connectivity index (χ2n) is 9.02. The van der Waals surface area contributed by atoms with Gasteiger partial charge in [-0.05, 0) is 55.7 Å². The quantitative estimate of drug-likeness (QED) is 0.396. The van der Waals surface area contributed by atoms with Gasteiger partial charge in [-0.1, -0.05) is 38.1 Å². The summed E-state index contributed by atoms with van der Waals surface area (Å²) in [5.74, 6) is 0.190. The molecule has 2 rings (SSSR count). The molecule has 0 amide bonds. The molecule has 0 saturated carbocycles. The Balaban J connectivity index is 2.53. The van der Waals surface area contributed by atoms with E-state index in [-0.39, 0.29) is 21.7 Å². The number of hydrogen-bond donors (Lipinski definition) is 1. The number of ether oxygens (including phenoxy) is 1. The summed E-state index contributed by atoms with van der Waals surface area (Å²) in [6, 6.07) is 10.3. The maximum absolute atomic E-state index is 14.7. The van der Waals surface area contributed by atoms with E-state index in [2.05, 4.69) is 33.6 Å². The van der Waals surface area contributed by atoms with Crippen molar-refractivity contribution < 1.29 is 18.4 Å². The smallest absolute Gasteiger partial charge is 0.152 e. The van der Waals surface area contributed by atoms with Crippen molar-refractivity contribution in [3.8, 4) is 16.9 Å². The van der Waals surface area contributed by atoms with Gasteiger partial charge in [-0.2, -0.15) is 4.18 Å². The molecule has 0 aliphatic heterocycles. The maximum Gasteiger partial charge on any atom is 0.152 e. The van der Waals surface area contributed by atoms with Crippen LogP contribution in [0.15, 0.2) is 49.1 Å². The van der Waals surface area contributed by atoms with E-state index >= 15 is 0 Å². The van der Waals surface area contributed by atoms with Gasteiger partial charge in [0.15, 0.2) is 4.75 Å². The summed E-state index contributed by atoms with van der Waals surface area (Å²) in [6.45, 7) is 14.5. The molecule has 2 atom stereocenters. The summed E-state index contributed by atoms with van der Waals surface area (Å²) in [5.41, 5.74) is 1.99. The van der Waals surface area contributed by atoms with E-state index in [1.165, 1.54) is 6.07 Å². The summed E-state index contributed by atoms with van der Waals surface area (Å²) >= 11 is -0.228. The Morgan fingerprint density at radius 1 is 1.10 bits per heavy atom. The molecule has 1 N–H and O–H groups in total. The molecule has 3 nitrogen and oxygen atoms in total. The summed E-state index contributed by atoms with van der Waals surface area (Å²) in [7, 11) is 1.55. The third kappa shape index (κ3) is 5.65. The average molecular weight is 434 g/mol. The van der Waals surface area contributed by atoms with Crippen LogP contribution in [0.25, 0.3) is 11.1 Å². The number of aliphatic hydroxyl groups excluding tert-OH is 1. The Morgan fingerprint density at radius 3 is 2.33 bits per heavy atom. The van der Waals surface area contributed by atoms with Crippen LogP contribution in [-0.4, -0.2) is 23.2 Å². The number of hydrogen-bond acceptors (Lipinski definition) is 3. The van der Waals surface area contributed by atoms with E-state index in [1.54, 1.807) is 25.3 Å². The lowest BCUT2D eigenvalue weighted by molar-refractivity contribution is 0.0826. The molecule has 0 spiro atoms. The third-order valence-corrected chi connectivity index (χ3v) is 7.57. The molecule has 0 bridgehead atoms. The molecule has 0 aliphatic rings. The maximum atomic E-state index is 14.7. The fraction of sp³-hybridized carbons (Fsp3) is 0.440. The van der Waals surface area contributed by atoms with Gasteiger partial charge < -0.3 is 9.84 Å². The van der Waals surface area contributed by atoms with Crippen LogP contribution in [0.1, 0.15) is 51.8 Å². The Hall–Kier alpha value is -1.82. The zero-order valence-corrected chi connectivity index (χ0v) is 19.9. The van der Waals surface area contributed by atoms with Crippen LogP contribution < -0.4 is 4.74 Å². The molecule has 2 unspecified atom stereocenters. The lowest BCUT2D eigenvalue weighted by Crippen LogP contribution is -2.28. The van der Waals surface area contributed by atoms with E-state index in [1.807, 2.05) is 32.0 Å². The standard InChI is InChI=1S/C25H34FO3S/c1-9-25(5,6)23(27)21-14-17(16-29-30(8)24(2,3)4)10-12-19(21)20-15-18(28-7)11-13-22(20)26/h9-15,23,27H,1,16H2,2-8H3/q+1. The van der Waals surface area contributed by atoms with Crippen molar-refractivity contribution in [2.24, 2.45) is 5.41 Å². The first-order valence-corrected chi connectivity index (χ1v) is 11.5. The molecule has 0 fully saturated rings. The van der Waals surface area contributed by atoms with E-state index < -0.39 is 11.5 Å². The van der Waals surface area contributed by atoms with Gasteiger partial charge in [0.2, 0.25) is 0 Å². The molecule has 2 aromatic carbocycles. The first-order chi connectivity index (χ1) is 13.9. The summed E-state index contributed by atoms with van der Waals surface area (Å²) in [5, 5.41) is 11.2. The van der Waals surface area contributed by atoms with Crippen molar-refractivity contribution in [1.29, 1.82) is 0 Å². The molecular formula is C25H34FO3S+. The second-order valence-corrected chi connectivity index (χ2v) is 11.4. The third-order valence-electron chi connectivity index (χ3n) is 5.37. The predicted molar refractivity (Wildman–Crippen MR) is 125 cm³/mol. The largest absolute Gasteiger partial charge is 0.497 e. The van der Waals surface area contributed by atoms with Gasteiger partial charge in [-0.3, -0.25) is 0 Å². The highest BCUT2D eigenvalue weighted by atomic mass is 32.2. The highest BCUT2D eigenvalue weighted by Gasteiger charge is 2.33. The lowest BCUT2D eigenvalue weighted by atomic mass is 9.79. The van der Waals surface area contributed by atoms with Crippen molar-refractivity contribution in [3.05, 3.63) is 66.0 Å². The van der Waals surface area contributed by atoms with E-state index in [4.69, 9.17) is 8.92 Å². The Morgan fingerprint density at radius 2 is 1.77 bits per heavy atom. The normalized spacial score (nSPS) is 14.3. The van der Waals surface area contributed by atoms with Crippen LogP contribution in [0.3, 0.4) is 0 Å². The number of aliphatic hydroxyl groups is 1. The molecule has 0 radical (unpaired) electrons. The molecule has 5 heteroatoms. The van der Waals surface area contributed by atoms with E-state index in [9.17, 15) is 9.50 Å². The van der Waals surface area contributed by atoms with E-state index in [0.29, 0.717) is 29.0 Å². The van der Waals surface area contributed by atoms with Gasteiger partial charge in [-0.15, -0.1) is 6.58 Å². The van der Waals surface area contributed by atoms with Crippen molar-refractivity contribution in [3.63, 3.8) is 0 Å². The van der Waals surface area contributed by atoms with E-state index in [0.717, 1.165) is 5.56 Å². The second kappa shape index (κ2) is 9.54. The zero-order valence-electron chi connectivity index (χ0n) is 19.1. The lowest BCUT2D eigenvalue weighted by Gasteiger charge is -2.29. The van der Waals surface area contributed by atoms with Crippen LogP contribution in [0.4, 0.5) is 4.39 Å². The number of halogens is 1. The first-order valence-electron chi connectivity index (χ1n) is 9.98. The monoisotopic (exact) mass is 433 g/mol. The average Bonchev–Trinajstić information content (AvgIpc) is 2.71. The Bertz CT molecular complexity index is 886. The minimum Gasteiger partial charge on any atom is -0.497 e. The van der Waals surface area contributed by atoms with Crippen LogP contribution in [0.5, 0.6) is 5.75 Å². The van der Waals surface area contributed by atoms with Crippen molar-refractivity contribution in [1.82, 2.24) is 0 Å². The summed E-state index contributed by atoms with van der Waals surface area (Å²) in [6.07, 6.45) is 2.93. The molecule has 0 saturated heterocycles. The number of rotatable bonds is 8. The fourth-order valence-electron chi connectivity index (χ4n) is 2.86. The molecule has 0 heterocycles. The van der Waals surface area contributed by atoms with Gasteiger partial charge in [0, 0.05) is 11.0 Å². The molecule has 0 aromatic heterocycles. The molecule has 2 aromatic rings. The Labute approximate surface area is 183 Å². The number of methoxy groups -OCH3 is 1. The first kappa shape index (κ1) is 24.4. The van der Waals surface area contributed by atoms with Gasteiger partial charge in [-0.25, -0.2) is 4.39 Å². The van der Waals surface area contributed by atoms with Gasteiger partial charge in [0.05, 0.1) is 13.2 Å². The van der Waals surface area contributed by atoms with Crippen LogP contribution >= 0.6 is 0 Å². The SMILES string of the molecule is C=CC(C)(C)C(O)c1cc(CO[S+](C)C(C)(C)C)ccc1-c1cc(OC)ccc1F. The van der Waals surface area contributed by atoms with Crippen molar-refractivity contribution in [2.45, 2.75) is 52.1 Å². The predicted octanol–water partition coefficient (Wildman–Crippen LogP) is 6.23. The fourth-order valence-corrected chi connectivity index (χ4v) is 3.52. The molecule has 0 aliphatic carbocycles. The Kier molecular flexibility index (Phi) is 7.78. The minimum atomic E-state index is -0.863. The molecule has 164 valence electrons. The van der Waals surface area contributed by atoms with Gasteiger partial charge >= 0.3 is 0 Å². The van der Waals surface area contributed by atoms with Gasteiger partial charge in [0.1, 0.15) is 35.6 Å². The highest BCUT2D eigenvalue weighted by Crippen LogP contribution is 2.41. The number of benzene rings is 2. The zero-order chi connectivity index (χ0) is 22.7. The van der Waals surface area contributed by atoms with Crippen LogP contribution in [-0.2, 0) is 22.0 Å². The minimum absolute atomic E-state index is 0.0524.